The molecule has 1 rings (SSSR count). The van der Waals surface area contributed by atoms with Crippen molar-refractivity contribution < 1.29 is 9.07 Å². The zero-order valence-corrected chi connectivity index (χ0v) is 8.87. The molecule has 1 radical (unpaired) electrons. The van der Waals surface area contributed by atoms with Crippen molar-refractivity contribution >= 4 is 29.8 Å². The van der Waals surface area contributed by atoms with Crippen LogP contribution in [-0.4, -0.2) is 13.9 Å². The molecular formula is C8H10BBrNO2. The van der Waals surface area contributed by atoms with Crippen molar-refractivity contribution in [2.24, 2.45) is 0 Å². The summed E-state index contributed by atoms with van der Waals surface area (Å²) in [6, 6.07) is 1.90. The maximum absolute atomic E-state index is 6.72. The van der Waals surface area contributed by atoms with Gasteiger partial charge in [0.25, 0.3) is 0 Å². The Hall–Kier alpha value is -0.705. The molecule has 1 heterocycles. The van der Waals surface area contributed by atoms with Gasteiger partial charge in [0.1, 0.15) is 18.4 Å². The lowest BCUT2D eigenvalue weighted by atomic mass is 9.76. The van der Waals surface area contributed by atoms with E-state index >= 15 is 0 Å². The van der Waals surface area contributed by atoms with Crippen LogP contribution in [0.1, 0.15) is 24.9 Å². The van der Waals surface area contributed by atoms with E-state index < -0.39 is 0 Å². The van der Waals surface area contributed by atoms with Crippen molar-refractivity contribution in [1.29, 1.82) is 5.41 Å². The molecule has 1 aromatic rings. The molecular weight excluding hydrogens is 233 g/mol. The van der Waals surface area contributed by atoms with Gasteiger partial charge < -0.3 is 9.07 Å². The summed E-state index contributed by atoms with van der Waals surface area (Å²) in [4.78, 5) is 0. The molecule has 5 heteroatoms. The standard InChI is InChI=1S/C8H10BBrNO2/c1-2-7(9-13-5-11)8-3-6(10)4-12-8/h3-5,7,11H,2H2,1H3. The molecule has 0 fully saturated rings. The first-order valence-corrected chi connectivity index (χ1v) is 4.79. The Balaban J connectivity index is 2.60. The summed E-state index contributed by atoms with van der Waals surface area (Å²) in [7, 11) is 1.60. The number of hydrogen-bond donors (Lipinski definition) is 1. The third kappa shape index (κ3) is 2.92. The fourth-order valence-corrected chi connectivity index (χ4v) is 1.34. The lowest BCUT2D eigenvalue weighted by Gasteiger charge is -2.07. The van der Waals surface area contributed by atoms with Crippen molar-refractivity contribution in [2.75, 3.05) is 0 Å². The summed E-state index contributed by atoms with van der Waals surface area (Å²) in [6.07, 6.45) is 3.42. The van der Waals surface area contributed by atoms with Crippen molar-refractivity contribution in [3.63, 3.8) is 0 Å². The maximum atomic E-state index is 6.72. The van der Waals surface area contributed by atoms with Gasteiger partial charge in [-0.05, 0) is 28.4 Å². The lowest BCUT2D eigenvalue weighted by Crippen LogP contribution is -2.09. The summed E-state index contributed by atoms with van der Waals surface area (Å²) >= 11 is 3.30. The predicted molar refractivity (Wildman–Crippen MR) is 55.1 cm³/mol. The van der Waals surface area contributed by atoms with Gasteiger partial charge >= 0.3 is 7.48 Å². The zero-order chi connectivity index (χ0) is 9.68. The molecule has 13 heavy (non-hydrogen) atoms. The van der Waals surface area contributed by atoms with Gasteiger partial charge in [-0.2, -0.15) is 0 Å². The highest BCUT2D eigenvalue weighted by Gasteiger charge is 2.16. The van der Waals surface area contributed by atoms with Gasteiger partial charge in [-0.25, -0.2) is 0 Å². The number of halogens is 1. The van der Waals surface area contributed by atoms with E-state index in [4.69, 9.17) is 14.5 Å². The van der Waals surface area contributed by atoms with Gasteiger partial charge in [-0.1, -0.05) is 6.92 Å². The molecule has 69 valence electrons. The van der Waals surface area contributed by atoms with Crippen LogP contribution in [-0.2, 0) is 4.65 Å². The van der Waals surface area contributed by atoms with E-state index in [0.717, 1.165) is 23.1 Å². The van der Waals surface area contributed by atoms with Gasteiger partial charge in [-0.15, -0.1) is 0 Å². The summed E-state index contributed by atoms with van der Waals surface area (Å²) in [5.74, 6) is 0.948. The highest BCUT2D eigenvalue weighted by Crippen LogP contribution is 2.23. The molecule has 0 spiro atoms. The fraction of sp³-hybridized carbons (Fsp3) is 0.375. The first kappa shape index (κ1) is 10.4. The highest BCUT2D eigenvalue weighted by molar-refractivity contribution is 9.10. The third-order valence-electron chi connectivity index (χ3n) is 1.70. The van der Waals surface area contributed by atoms with Crippen molar-refractivity contribution in [2.45, 2.75) is 19.2 Å². The lowest BCUT2D eigenvalue weighted by molar-refractivity contribution is 0.480. The van der Waals surface area contributed by atoms with Gasteiger partial charge in [0.15, 0.2) is 0 Å². The molecule has 0 amide bonds. The van der Waals surface area contributed by atoms with E-state index in [9.17, 15) is 0 Å². The average molecular weight is 243 g/mol. The van der Waals surface area contributed by atoms with Crippen LogP contribution in [0.5, 0.6) is 0 Å². The van der Waals surface area contributed by atoms with Crippen LogP contribution in [0.2, 0.25) is 0 Å². The molecule has 0 bridgehead atoms. The Bertz CT molecular complexity index is 277. The Morgan fingerprint density at radius 3 is 3.08 bits per heavy atom. The van der Waals surface area contributed by atoms with Crippen LogP contribution in [0.15, 0.2) is 21.2 Å². The van der Waals surface area contributed by atoms with E-state index in [-0.39, 0.29) is 5.82 Å². The minimum Gasteiger partial charge on any atom is -0.555 e. The van der Waals surface area contributed by atoms with E-state index in [1.54, 1.807) is 13.7 Å². The van der Waals surface area contributed by atoms with E-state index in [1.807, 2.05) is 13.0 Å². The molecule has 0 saturated heterocycles. The normalized spacial score (nSPS) is 12.2. The summed E-state index contributed by atoms with van der Waals surface area (Å²) < 4.78 is 11.0. The molecule has 0 aliphatic rings. The topological polar surface area (TPSA) is 46.2 Å². The molecule has 0 aliphatic heterocycles. The average Bonchev–Trinajstić information content (AvgIpc) is 2.54. The van der Waals surface area contributed by atoms with Crippen LogP contribution in [0, 0.1) is 5.41 Å². The number of nitrogens with one attached hydrogen (secondary N) is 1. The summed E-state index contributed by atoms with van der Waals surface area (Å²) in [6.45, 7) is 2.03. The minimum atomic E-state index is 0.105. The highest BCUT2D eigenvalue weighted by atomic mass is 79.9. The van der Waals surface area contributed by atoms with Gasteiger partial charge in [0.05, 0.1) is 4.47 Å². The smallest absolute Gasteiger partial charge is 0.382 e. The van der Waals surface area contributed by atoms with Crippen LogP contribution < -0.4 is 0 Å². The quantitative estimate of drug-likeness (QED) is 0.490. The third-order valence-corrected chi connectivity index (χ3v) is 2.12. The largest absolute Gasteiger partial charge is 0.555 e. The minimum absolute atomic E-state index is 0.105. The number of furan rings is 1. The Labute approximate surface area is 86.4 Å². The van der Waals surface area contributed by atoms with Crippen LogP contribution in [0.25, 0.3) is 0 Å². The number of rotatable bonds is 5. The van der Waals surface area contributed by atoms with Gasteiger partial charge in [-0.3, -0.25) is 5.41 Å². The van der Waals surface area contributed by atoms with E-state index in [1.165, 1.54) is 0 Å². The van der Waals surface area contributed by atoms with Crippen molar-refractivity contribution in [1.82, 2.24) is 0 Å². The molecule has 1 aromatic heterocycles. The van der Waals surface area contributed by atoms with Crippen LogP contribution in [0.3, 0.4) is 0 Å². The van der Waals surface area contributed by atoms with E-state index in [0.29, 0.717) is 0 Å². The zero-order valence-electron chi connectivity index (χ0n) is 7.29. The monoisotopic (exact) mass is 242 g/mol. The van der Waals surface area contributed by atoms with Crippen molar-refractivity contribution in [3.8, 4) is 0 Å². The summed E-state index contributed by atoms with van der Waals surface area (Å²) in [5.41, 5.74) is 0. The molecule has 0 saturated carbocycles. The Kier molecular flexibility index (Phi) is 4.08. The fourth-order valence-electron chi connectivity index (χ4n) is 1.02. The van der Waals surface area contributed by atoms with Crippen LogP contribution >= 0.6 is 15.9 Å². The second-order valence-electron chi connectivity index (χ2n) is 2.57. The van der Waals surface area contributed by atoms with Gasteiger partial charge in [0.2, 0.25) is 0 Å². The molecule has 1 atom stereocenters. The van der Waals surface area contributed by atoms with Gasteiger partial charge in [0, 0.05) is 5.82 Å². The first-order chi connectivity index (χ1) is 6.27. The molecule has 1 N–H and O–H groups in total. The van der Waals surface area contributed by atoms with Crippen LogP contribution in [0.4, 0.5) is 0 Å². The Morgan fingerprint density at radius 2 is 2.62 bits per heavy atom. The van der Waals surface area contributed by atoms with E-state index in [2.05, 4.69) is 15.9 Å². The molecule has 3 nitrogen and oxygen atoms in total. The Morgan fingerprint density at radius 1 is 1.85 bits per heavy atom. The first-order valence-electron chi connectivity index (χ1n) is 3.99. The predicted octanol–water partition coefficient (Wildman–Crippen LogP) is 2.74. The molecule has 1 unspecified atom stereocenters. The second-order valence-corrected chi connectivity index (χ2v) is 3.49. The van der Waals surface area contributed by atoms with Crippen molar-refractivity contribution in [3.05, 3.63) is 22.6 Å². The summed E-state index contributed by atoms with van der Waals surface area (Å²) in [5, 5.41) is 6.72. The maximum Gasteiger partial charge on any atom is 0.382 e. The molecule has 0 aliphatic carbocycles. The number of hydrogen-bond acceptors (Lipinski definition) is 3. The molecule has 0 aromatic carbocycles. The second kappa shape index (κ2) is 5.12. The SMILES string of the molecule is CCC([B]OC=N)c1cc(Br)co1.